The minimum Gasteiger partial charge on any atom is -0.493 e. The number of likely N-dealkylation sites (N-methyl/N-ethyl adjacent to an activating group) is 1. The summed E-state index contributed by atoms with van der Waals surface area (Å²) in [5.41, 5.74) is 0.533. The summed E-state index contributed by atoms with van der Waals surface area (Å²) in [6.07, 6.45) is 0. The van der Waals surface area contributed by atoms with Crippen LogP contribution in [0.4, 0.5) is 0 Å². The number of carbonyl (C=O) groups is 1. The van der Waals surface area contributed by atoms with Crippen LogP contribution in [0.5, 0.6) is 17.2 Å². The molecule has 0 atom stereocenters. The van der Waals surface area contributed by atoms with E-state index < -0.39 is 0 Å². The Morgan fingerprint density at radius 2 is 1.92 bits per heavy atom. The minimum absolute atomic E-state index is 0.115. The SMILES string of the molecule is CCOc1ccc(C(=O)N(C)CCOc2cccc(Cl)c2)cc1OC. The summed E-state index contributed by atoms with van der Waals surface area (Å²) < 4.78 is 16.4. The normalized spacial score (nSPS) is 10.2. The predicted molar refractivity (Wildman–Crippen MR) is 98.1 cm³/mol. The molecule has 0 aliphatic rings. The molecular weight excluding hydrogens is 342 g/mol. The molecule has 134 valence electrons. The molecule has 0 heterocycles. The smallest absolute Gasteiger partial charge is 0.253 e. The zero-order valence-electron chi connectivity index (χ0n) is 14.6. The van der Waals surface area contributed by atoms with Crippen LogP contribution in [0, 0.1) is 0 Å². The van der Waals surface area contributed by atoms with E-state index in [-0.39, 0.29) is 5.91 Å². The molecule has 1 amide bonds. The van der Waals surface area contributed by atoms with Gasteiger partial charge in [0.2, 0.25) is 0 Å². The number of hydrogen-bond donors (Lipinski definition) is 0. The van der Waals surface area contributed by atoms with E-state index in [4.69, 9.17) is 25.8 Å². The molecule has 0 N–H and O–H groups in total. The lowest BCUT2D eigenvalue weighted by molar-refractivity contribution is 0.0773. The molecule has 2 aromatic rings. The molecule has 0 fully saturated rings. The van der Waals surface area contributed by atoms with Gasteiger partial charge in [-0.2, -0.15) is 0 Å². The zero-order valence-corrected chi connectivity index (χ0v) is 15.4. The van der Waals surface area contributed by atoms with Crippen LogP contribution < -0.4 is 14.2 Å². The van der Waals surface area contributed by atoms with Crippen LogP contribution in [0.3, 0.4) is 0 Å². The standard InChI is InChI=1S/C19H22ClNO4/c1-4-24-17-9-8-14(12-18(17)23-3)19(22)21(2)10-11-25-16-7-5-6-15(20)13-16/h5-9,12-13H,4,10-11H2,1-3H3. The van der Waals surface area contributed by atoms with Gasteiger partial charge >= 0.3 is 0 Å². The molecule has 6 heteroatoms. The van der Waals surface area contributed by atoms with Crippen molar-refractivity contribution < 1.29 is 19.0 Å². The molecule has 5 nitrogen and oxygen atoms in total. The Morgan fingerprint density at radius 3 is 2.60 bits per heavy atom. The van der Waals surface area contributed by atoms with Gasteiger partial charge in [0.15, 0.2) is 11.5 Å². The van der Waals surface area contributed by atoms with Crippen molar-refractivity contribution in [2.45, 2.75) is 6.92 Å². The van der Waals surface area contributed by atoms with E-state index >= 15 is 0 Å². The van der Waals surface area contributed by atoms with Crippen molar-refractivity contribution in [2.75, 3.05) is 33.9 Å². The highest BCUT2D eigenvalue weighted by atomic mass is 35.5. The summed E-state index contributed by atoms with van der Waals surface area (Å²) in [4.78, 5) is 14.1. The highest BCUT2D eigenvalue weighted by molar-refractivity contribution is 6.30. The van der Waals surface area contributed by atoms with E-state index in [1.54, 1.807) is 49.4 Å². The Bertz CT molecular complexity index is 720. The first kappa shape index (κ1) is 18.9. The quantitative estimate of drug-likeness (QED) is 0.713. The van der Waals surface area contributed by atoms with Gasteiger partial charge in [-0.25, -0.2) is 0 Å². The van der Waals surface area contributed by atoms with Crippen molar-refractivity contribution in [3.8, 4) is 17.2 Å². The second-order valence-corrected chi connectivity index (χ2v) is 5.77. The first-order chi connectivity index (χ1) is 12.0. The number of methoxy groups -OCH3 is 1. The maximum Gasteiger partial charge on any atom is 0.253 e. The largest absolute Gasteiger partial charge is 0.493 e. The summed E-state index contributed by atoms with van der Waals surface area (Å²) in [6, 6.07) is 12.3. The zero-order chi connectivity index (χ0) is 18.2. The third kappa shape index (κ3) is 5.29. The summed E-state index contributed by atoms with van der Waals surface area (Å²) in [5, 5.41) is 0.614. The molecule has 25 heavy (non-hydrogen) atoms. The van der Waals surface area contributed by atoms with Crippen molar-refractivity contribution in [1.82, 2.24) is 4.90 Å². The highest BCUT2D eigenvalue weighted by Crippen LogP contribution is 2.28. The Labute approximate surface area is 153 Å². The number of amides is 1. The molecular formula is C19H22ClNO4. The van der Waals surface area contributed by atoms with Crippen LogP contribution in [-0.4, -0.2) is 44.7 Å². The van der Waals surface area contributed by atoms with E-state index in [1.807, 2.05) is 19.1 Å². The van der Waals surface area contributed by atoms with Crippen LogP contribution in [-0.2, 0) is 0 Å². The number of halogens is 1. The Kier molecular flexibility index (Phi) is 6.95. The van der Waals surface area contributed by atoms with Crippen LogP contribution >= 0.6 is 11.6 Å². The van der Waals surface area contributed by atoms with Crippen molar-refractivity contribution in [3.05, 3.63) is 53.1 Å². The lowest BCUT2D eigenvalue weighted by Crippen LogP contribution is -2.30. The fraction of sp³-hybridized carbons (Fsp3) is 0.316. The van der Waals surface area contributed by atoms with Gasteiger partial charge in [-0.3, -0.25) is 4.79 Å². The summed E-state index contributed by atoms with van der Waals surface area (Å²) in [5.74, 6) is 1.72. The fourth-order valence-electron chi connectivity index (χ4n) is 2.25. The molecule has 2 aromatic carbocycles. The van der Waals surface area contributed by atoms with E-state index in [1.165, 1.54) is 0 Å². The van der Waals surface area contributed by atoms with Crippen LogP contribution in [0.15, 0.2) is 42.5 Å². The van der Waals surface area contributed by atoms with Gasteiger partial charge in [-0.05, 0) is 43.3 Å². The molecule has 0 aromatic heterocycles. The average Bonchev–Trinajstić information content (AvgIpc) is 2.61. The number of ether oxygens (including phenoxy) is 3. The maximum absolute atomic E-state index is 12.5. The second-order valence-electron chi connectivity index (χ2n) is 5.33. The van der Waals surface area contributed by atoms with Gasteiger partial charge in [0, 0.05) is 17.6 Å². The maximum atomic E-state index is 12.5. The Hall–Kier alpha value is -2.40. The van der Waals surface area contributed by atoms with Crippen molar-refractivity contribution in [3.63, 3.8) is 0 Å². The number of carbonyl (C=O) groups excluding carboxylic acids is 1. The molecule has 0 spiro atoms. The van der Waals surface area contributed by atoms with E-state index in [0.29, 0.717) is 47.6 Å². The van der Waals surface area contributed by atoms with Gasteiger partial charge in [0.05, 0.1) is 20.3 Å². The lowest BCUT2D eigenvalue weighted by atomic mass is 10.1. The molecule has 0 radical (unpaired) electrons. The molecule has 0 bridgehead atoms. The Balaban J connectivity index is 1.95. The van der Waals surface area contributed by atoms with E-state index in [0.717, 1.165) is 0 Å². The van der Waals surface area contributed by atoms with Crippen molar-refractivity contribution >= 4 is 17.5 Å². The highest BCUT2D eigenvalue weighted by Gasteiger charge is 2.15. The van der Waals surface area contributed by atoms with Crippen LogP contribution in [0.25, 0.3) is 0 Å². The molecule has 0 aliphatic heterocycles. The summed E-state index contributed by atoms with van der Waals surface area (Å²) in [7, 11) is 3.28. The van der Waals surface area contributed by atoms with E-state index in [9.17, 15) is 4.79 Å². The molecule has 0 unspecified atom stereocenters. The van der Waals surface area contributed by atoms with Crippen molar-refractivity contribution in [2.24, 2.45) is 0 Å². The third-order valence-electron chi connectivity index (χ3n) is 3.55. The molecule has 0 aliphatic carbocycles. The number of hydrogen-bond acceptors (Lipinski definition) is 4. The number of rotatable bonds is 8. The average molecular weight is 364 g/mol. The van der Waals surface area contributed by atoms with Gasteiger partial charge in [-0.1, -0.05) is 17.7 Å². The van der Waals surface area contributed by atoms with Gasteiger partial charge < -0.3 is 19.1 Å². The van der Waals surface area contributed by atoms with E-state index in [2.05, 4.69) is 0 Å². The number of benzene rings is 2. The predicted octanol–water partition coefficient (Wildman–Crippen LogP) is 3.90. The molecule has 0 saturated carbocycles. The van der Waals surface area contributed by atoms with Crippen LogP contribution in [0.1, 0.15) is 17.3 Å². The minimum atomic E-state index is -0.115. The summed E-state index contributed by atoms with van der Waals surface area (Å²) in [6.45, 7) is 3.24. The first-order valence-electron chi connectivity index (χ1n) is 7.99. The summed E-state index contributed by atoms with van der Waals surface area (Å²) >= 11 is 5.91. The first-order valence-corrected chi connectivity index (χ1v) is 8.37. The third-order valence-corrected chi connectivity index (χ3v) is 3.78. The second kappa shape index (κ2) is 9.18. The van der Waals surface area contributed by atoms with Gasteiger partial charge in [0.25, 0.3) is 5.91 Å². The number of nitrogens with zero attached hydrogens (tertiary/aromatic N) is 1. The lowest BCUT2D eigenvalue weighted by Gasteiger charge is -2.18. The Morgan fingerprint density at radius 1 is 1.12 bits per heavy atom. The monoisotopic (exact) mass is 363 g/mol. The van der Waals surface area contributed by atoms with Crippen molar-refractivity contribution in [1.29, 1.82) is 0 Å². The topological polar surface area (TPSA) is 48.0 Å². The molecule has 2 rings (SSSR count). The fourth-order valence-corrected chi connectivity index (χ4v) is 2.43. The molecule has 0 saturated heterocycles. The van der Waals surface area contributed by atoms with Crippen LogP contribution in [0.2, 0.25) is 5.02 Å². The van der Waals surface area contributed by atoms with Gasteiger partial charge in [0.1, 0.15) is 12.4 Å². The van der Waals surface area contributed by atoms with Gasteiger partial charge in [-0.15, -0.1) is 0 Å².